The van der Waals surface area contributed by atoms with Gasteiger partial charge in [-0.2, -0.15) is 0 Å². The molecule has 4 rings (SSSR count). The van der Waals surface area contributed by atoms with Crippen molar-refractivity contribution in [2.75, 3.05) is 51.9 Å². The number of ether oxygens (including phenoxy) is 2. The Kier molecular flexibility index (Phi) is 7.73. The summed E-state index contributed by atoms with van der Waals surface area (Å²) in [6, 6.07) is 15.3. The Balaban J connectivity index is 1.72. The average molecular weight is 482 g/mol. The molecule has 0 bridgehead atoms. The summed E-state index contributed by atoms with van der Waals surface area (Å²) in [6.07, 6.45) is 0. The smallest absolute Gasteiger partial charge is 0.259 e. The van der Waals surface area contributed by atoms with Crippen LogP contribution in [0.15, 0.2) is 59.4 Å². The van der Waals surface area contributed by atoms with Crippen molar-refractivity contribution in [3.8, 4) is 11.5 Å². The van der Waals surface area contributed by atoms with Gasteiger partial charge in [-0.25, -0.2) is 4.39 Å². The average Bonchev–Trinajstić information content (AvgIpc) is 2.87. The summed E-state index contributed by atoms with van der Waals surface area (Å²) in [5.74, 6) is 0.406. The predicted molar refractivity (Wildman–Crippen MR) is 134 cm³/mol. The molecule has 35 heavy (non-hydrogen) atoms. The van der Waals surface area contributed by atoms with Crippen LogP contribution >= 0.6 is 0 Å². The minimum Gasteiger partial charge on any atom is -0.507 e. The Labute approximate surface area is 204 Å². The fourth-order valence-corrected chi connectivity index (χ4v) is 4.75. The van der Waals surface area contributed by atoms with Crippen molar-refractivity contribution in [2.24, 2.45) is 0 Å². The SMILES string of the molecule is COCCn1c(C)cc(O)c([C@@H](c2cccc(OC)c2)N2CCN(c3ccc(F)cc3)CC2)c1=O. The van der Waals surface area contributed by atoms with Crippen molar-refractivity contribution in [1.29, 1.82) is 0 Å². The van der Waals surface area contributed by atoms with Crippen LogP contribution in [0.1, 0.15) is 22.9 Å². The highest BCUT2D eigenvalue weighted by Crippen LogP contribution is 2.35. The summed E-state index contributed by atoms with van der Waals surface area (Å²) in [5, 5.41) is 11.0. The molecule has 1 aromatic heterocycles. The third-order valence-electron chi connectivity index (χ3n) is 6.60. The number of methoxy groups -OCH3 is 2. The van der Waals surface area contributed by atoms with Gasteiger partial charge in [0.2, 0.25) is 0 Å². The van der Waals surface area contributed by atoms with Crippen molar-refractivity contribution in [2.45, 2.75) is 19.5 Å². The lowest BCUT2D eigenvalue weighted by molar-refractivity contribution is 0.183. The highest BCUT2D eigenvalue weighted by molar-refractivity contribution is 5.47. The van der Waals surface area contributed by atoms with E-state index in [1.165, 1.54) is 12.1 Å². The molecule has 186 valence electrons. The van der Waals surface area contributed by atoms with E-state index in [2.05, 4.69) is 9.80 Å². The van der Waals surface area contributed by atoms with Gasteiger partial charge in [-0.3, -0.25) is 9.69 Å². The summed E-state index contributed by atoms with van der Waals surface area (Å²) < 4.78 is 25.7. The van der Waals surface area contributed by atoms with Crippen LogP contribution in [0.3, 0.4) is 0 Å². The quantitative estimate of drug-likeness (QED) is 0.531. The molecule has 0 spiro atoms. The second-order valence-electron chi connectivity index (χ2n) is 8.71. The number of halogens is 1. The summed E-state index contributed by atoms with van der Waals surface area (Å²) in [4.78, 5) is 18.1. The van der Waals surface area contributed by atoms with Crippen LogP contribution in [0.25, 0.3) is 0 Å². The van der Waals surface area contributed by atoms with Gasteiger partial charge in [0.25, 0.3) is 5.56 Å². The molecule has 1 N–H and O–H groups in total. The van der Waals surface area contributed by atoms with Gasteiger partial charge < -0.3 is 24.0 Å². The van der Waals surface area contributed by atoms with Crippen LogP contribution in [-0.4, -0.2) is 61.6 Å². The molecule has 8 heteroatoms. The zero-order valence-electron chi connectivity index (χ0n) is 20.4. The molecular weight excluding hydrogens is 449 g/mol. The molecule has 0 saturated carbocycles. The molecule has 3 aromatic rings. The van der Waals surface area contributed by atoms with Crippen molar-refractivity contribution in [3.05, 3.63) is 87.6 Å². The molecule has 1 aliphatic heterocycles. The van der Waals surface area contributed by atoms with Crippen LogP contribution in [0.4, 0.5) is 10.1 Å². The summed E-state index contributed by atoms with van der Waals surface area (Å²) in [7, 11) is 3.21. The van der Waals surface area contributed by atoms with Gasteiger partial charge >= 0.3 is 0 Å². The van der Waals surface area contributed by atoms with E-state index in [9.17, 15) is 14.3 Å². The Hall–Kier alpha value is -3.36. The zero-order valence-corrected chi connectivity index (χ0v) is 20.4. The van der Waals surface area contributed by atoms with E-state index >= 15 is 0 Å². The minimum atomic E-state index is -0.456. The number of anilines is 1. The highest BCUT2D eigenvalue weighted by Gasteiger charge is 2.31. The minimum absolute atomic E-state index is 0.0186. The van der Waals surface area contributed by atoms with E-state index in [4.69, 9.17) is 9.47 Å². The molecule has 7 nitrogen and oxygen atoms in total. The molecule has 0 amide bonds. The van der Waals surface area contributed by atoms with Crippen LogP contribution in [0.5, 0.6) is 11.5 Å². The number of aryl methyl sites for hydroxylation is 1. The normalized spacial score (nSPS) is 15.3. The second kappa shape index (κ2) is 10.9. The lowest BCUT2D eigenvalue weighted by Gasteiger charge is -2.40. The number of benzene rings is 2. The largest absolute Gasteiger partial charge is 0.507 e. The van der Waals surface area contributed by atoms with Gasteiger partial charge in [0.15, 0.2) is 0 Å². The molecule has 0 aliphatic carbocycles. The van der Waals surface area contributed by atoms with Gasteiger partial charge in [-0.05, 0) is 55.0 Å². The van der Waals surface area contributed by atoms with Crippen LogP contribution < -0.4 is 15.2 Å². The molecule has 1 saturated heterocycles. The molecule has 0 unspecified atom stereocenters. The monoisotopic (exact) mass is 481 g/mol. The van der Waals surface area contributed by atoms with Gasteiger partial charge in [0.05, 0.1) is 25.3 Å². The van der Waals surface area contributed by atoms with E-state index in [1.54, 1.807) is 37.0 Å². The lowest BCUT2D eigenvalue weighted by Crippen LogP contribution is -2.49. The maximum atomic E-state index is 13.7. The number of aromatic nitrogens is 1. The number of nitrogens with zero attached hydrogens (tertiary/aromatic N) is 3. The van der Waals surface area contributed by atoms with E-state index in [1.807, 2.05) is 31.2 Å². The van der Waals surface area contributed by atoms with Gasteiger partial charge in [-0.1, -0.05) is 12.1 Å². The van der Waals surface area contributed by atoms with Crippen molar-refractivity contribution in [3.63, 3.8) is 0 Å². The molecular formula is C27H32FN3O4. The molecule has 1 atom stereocenters. The number of hydrogen-bond acceptors (Lipinski definition) is 6. The molecule has 1 fully saturated rings. The maximum Gasteiger partial charge on any atom is 0.259 e. The highest BCUT2D eigenvalue weighted by atomic mass is 19.1. The first-order valence-corrected chi connectivity index (χ1v) is 11.7. The van der Waals surface area contributed by atoms with E-state index in [-0.39, 0.29) is 17.1 Å². The van der Waals surface area contributed by atoms with Crippen molar-refractivity contribution >= 4 is 5.69 Å². The Morgan fingerprint density at radius 3 is 2.40 bits per heavy atom. The number of aromatic hydroxyl groups is 1. The first-order valence-electron chi connectivity index (χ1n) is 11.7. The Bertz CT molecular complexity index is 1200. The number of hydrogen-bond donors (Lipinski definition) is 1. The number of rotatable bonds is 8. The first kappa shape index (κ1) is 24.8. The van der Waals surface area contributed by atoms with E-state index < -0.39 is 6.04 Å². The lowest BCUT2D eigenvalue weighted by atomic mass is 9.95. The van der Waals surface area contributed by atoms with Gasteiger partial charge in [-0.15, -0.1) is 0 Å². The Morgan fingerprint density at radius 1 is 1.03 bits per heavy atom. The summed E-state index contributed by atoms with van der Waals surface area (Å²) >= 11 is 0. The topological polar surface area (TPSA) is 67.2 Å². The van der Waals surface area contributed by atoms with Crippen LogP contribution in [0.2, 0.25) is 0 Å². The predicted octanol–water partition coefficient (Wildman–Crippen LogP) is 3.57. The number of piperazine rings is 1. The van der Waals surface area contributed by atoms with E-state index in [0.717, 1.165) is 11.3 Å². The summed E-state index contributed by atoms with van der Waals surface area (Å²) in [5.41, 5.74) is 2.63. The Morgan fingerprint density at radius 2 is 1.74 bits per heavy atom. The van der Waals surface area contributed by atoms with E-state index in [0.29, 0.717) is 56.3 Å². The fraction of sp³-hybridized carbons (Fsp3) is 0.370. The molecule has 0 radical (unpaired) electrons. The maximum absolute atomic E-state index is 13.7. The molecule has 1 aliphatic rings. The second-order valence-corrected chi connectivity index (χ2v) is 8.71. The van der Waals surface area contributed by atoms with Gasteiger partial charge in [0, 0.05) is 51.2 Å². The van der Waals surface area contributed by atoms with Gasteiger partial charge in [0.1, 0.15) is 17.3 Å². The van der Waals surface area contributed by atoms with Crippen LogP contribution in [0, 0.1) is 12.7 Å². The third-order valence-corrected chi connectivity index (χ3v) is 6.60. The third kappa shape index (κ3) is 5.33. The zero-order chi connectivity index (χ0) is 24.9. The van der Waals surface area contributed by atoms with Crippen molar-refractivity contribution in [1.82, 2.24) is 9.47 Å². The van der Waals surface area contributed by atoms with Crippen LogP contribution in [-0.2, 0) is 11.3 Å². The molecule has 2 heterocycles. The standard InChI is InChI=1S/C27H32FN3O4/c1-19-17-24(32)25(27(33)31(19)15-16-34-2)26(20-5-4-6-23(18-20)35-3)30-13-11-29(12-14-30)22-9-7-21(28)8-10-22/h4-10,17-18,26,32H,11-16H2,1-3H3/t26-/m1/s1. The fourth-order valence-electron chi connectivity index (χ4n) is 4.75. The molecule has 2 aromatic carbocycles. The number of pyridine rings is 1. The van der Waals surface area contributed by atoms with Crippen molar-refractivity contribution < 1.29 is 19.0 Å². The summed E-state index contributed by atoms with van der Waals surface area (Å²) in [6.45, 7) is 5.33. The first-order chi connectivity index (χ1) is 16.9.